The predicted molar refractivity (Wildman–Crippen MR) is 99.2 cm³/mol. The van der Waals surface area contributed by atoms with Crippen LogP contribution in [0.2, 0.25) is 0 Å². The van der Waals surface area contributed by atoms with Crippen molar-refractivity contribution >= 4 is 11.8 Å². The maximum Gasteiger partial charge on any atom is 0.243 e. The van der Waals surface area contributed by atoms with Crippen molar-refractivity contribution < 1.29 is 9.53 Å². The third-order valence-electron chi connectivity index (χ3n) is 4.33. The molecule has 0 radical (unpaired) electrons. The molecule has 0 fully saturated rings. The van der Waals surface area contributed by atoms with Gasteiger partial charge in [-0.2, -0.15) is 5.01 Å². The van der Waals surface area contributed by atoms with Gasteiger partial charge in [-0.1, -0.05) is 62.7 Å². The molecule has 0 N–H and O–H groups in total. The number of hydrogen-bond donors (Lipinski definition) is 0. The van der Waals surface area contributed by atoms with Crippen LogP contribution in [-0.4, -0.2) is 16.8 Å². The summed E-state index contributed by atoms with van der Waals surface area (Å²) in [4.78, 5) is 12.0. The third-order valence-corrected chi connectivity index (χ3v) is 4.33. The molecule has 4 heteroatoms. The van der Waals surface area contributed by atoms with Gasteiger partial charge in [-0.25, -0.2) is 0 Å². The van der Waals surface area contributed by atoms with E-state index in [0.29, 0.717) is 5.90 Å². The van der Waals surface area contributed by atoms with Crippen molar-refractivity contribution in [3.05, 3.63) is 70.8 Å². The van der Waals surface area contributed by atoms with Crippen molar-refractivity contribution in [3.63, 3.8) is 0 Å². The van der Waals surface area contributed by atoms with Gasteiger partial charge in [-0.05, 0) is 30.0 Å². The van der Waals surface area contributed by atoms with Crippen LogP contribution < -0.4 is 0 Å². The Hall–Kier alpha value is -2.62. The van der Waals surface area contributed by atoms with Gasteiger partial charge in [0.15, 0.2) is 0 Å². The van der Waals surface area contributed by atoms with Crippen molar-refractivity contribution in [3.8, 4) is 0 Å². The number of carbonyl (C=O) groups is 1. The normalized spacial score (nSPS) is 17.2. The van der Waals surface area contributed by atoms with Gasteiger partial charge in [0.05, 0.1) is 0 Å². The summed E-state index contributed by atoms with van der Waals surface area (Å²) in [6, 6.07) is 16.1. The maximum absolute atomic E-state index is 12.0. The van der Waals surface area contributed by atoms with Crippen LogP contribution >= 0.6 is 0 Å². The quantitative estimate of drug-likeness (QED) is 0.808. The van der Waals surface area contributed by atoms with Gasteiger partial charge >= 0.3 is 0 Å². The van der Waals surface area contributed by atoms with Crippen LogP contribution in [-0.2, 0) is 14.9 Å². The Morgan fingerprint density at radius 2 is 1.64 bits per heavy atom. The minimum Gasteiger partial charge on any atom is -0.446 e. The van der Waals surface area contributed by atoms with Crippen LogP contribution in [0.1, 0.15) is 56.2 Å². The number of aryl methyl sites for hydroxylation is 1. The molecule has 0 bridgehead atoms. The van der Waals surface area contributed by atoms with Crippen molar-refractivity contribution in [1.29, 1.82) is 0 Å². The van der Waals surface area contributed by atoms with Crippen LogP contribution in [0.3, 0.4) is 0 Å². The van der Waals surface area contributed by atoms with Crippen molar-refractivity contribution in [2.45, 2.75) is 46.3 Å². The fraction of sp³-hybridized carbons (Fsp3) is 0.333. The van der Waals surface area contributed by atoms with E-state index >= 15 is 0 Å². The SMILES string of the molecule is CC(=O)N1N=C(c2ccc(C(C)(C)C)cc2)O[C@@H]1c1ccc(C)cc1. The molecule has 4 nitrogen and oxygen atoms in total. The van der Waals surface area contributed by atoms with E-state index in [1.807, 2.05) is 43.3 Å². The van der Waals surface area contributed by atoms with E-state index in [9.17, 15) is 4.79 Å². The van der Waals surface area contributed by atoms with Gasteiger partial charge in [0.1, 0.15) is 0 Å². The zero-order chi connectivity index (χ0) is 18.2. The zero-order valence-corrected chi connectivity index (χ0v) is 15.4. The Kier molecular flexibility index (Phi) is 4.38. The van der Waals surface area contributed by atoms with Gasteiger partial charge in [0.2, 0.25) is 18.0 Å². The maximum atomic E-state index is 12.0. The van der Waals surface area contributed by atoms with Gasteiger partial charge in [0.25, 0.3) is 0 Å². The number of nitrogens with zero attached hydrogens (tertiary/aromatic N) is 2. The summed E-state index contributed by atoms with van der Waals surface area (Å²) in [5.74, 6) is 0.327. The van der Waals surface area contributed by atoms with E-state index in [4.69, 9.17) is 4.74 Å². The number of rotatable bonds is 2. The number of ether oxygens (including phenoxy) is 1. The van der Waals surface area contributed by atoms with Gasteiger partial charge in [0, 0.05) is 18.1 Å². The van der Waals surface area contributed by atoms with E-state index in [1.165, 1.54) is 17.5 Å². The summed E-state index contributed by atoms with van der Waals surface area (Å²) in [6.07, 6.45) is -0.518. The lowest BCUT2D eigenvalue weighted by atomic mass is 9.87. The molecule has 0 saturated carbocycles. The van der Waals surface area contributed by atoms with Gasteiger partial charge in [-0.15, -0.1) is 5.10 Å². The summed E-state index contributed by atoms with van der Waals surface area (Å²) in [7, 11) is 0. The highest BCUT2D eigenvalue weighted by atomic mass is 16.5. The van der Waals surface area contributed by atoms with E-state index in [0.717, 1.165) is 16.7 Å². The number of hydrogen-bond acceptors (Lipinski definition) is 3. The minimum atomic E-state index is -0.518. The first-order valence-corrected chi connectivity index (χ1v) is 8.48. The highest BCUT2D eigenvalue weighted by Crippen LogP contribution is 2.31. The van der Waals surface area contributed by atoms with Crippen LogP contribution in [0.25, 0.3) is 0 Å². The molecule has 130 valence electrons. The Morgan fingerprint density at radius 1 is 1.04 bits per heavy atom. The largest absolute Gasteiger partial charge is 0.446 e. The lowest BCUT2D eigenvalue weighted by Crippen LogP contribution is -2.25. The van der Waals surface area contributed by atoms with Crippen LogP contribution in [0.4, 0.5) is 0 Å². The summed E-state index contributed by atoms with van der Waals surface area (Å²) in [5, 5.41) is 5.81. The Morgan fingerprint density at radius 3 is 2.16 bits per heavy atom. The molecule has 1 amide bonds. The van der Waals surface area contributed by atoms with Crippen LogP contribution in [0.5, 0.6) is 0 Å². The second-order valence-electron chi connectivity index (χ2n) is 7.48. The number of amides is 1. The smallest absolute Gasteiger partial charge is 0.243 e. The molecule has 1 atom stereocenters. The molecule has 0 aliphatic carbocycles. The highest BCUT2D eigenvalue weighted by molar-refractivity contribution is 5.96. The first kappa shape index (κ1) is 17.2. The standard InChI is InChI=1S/C21H24N2O2/c1-14-6-8-17(9-7-14)20-23(15(2)24)22-19(25-20)16-10-12-18(13-11-16)21(3,4)5/h6-13,20H,1-5H3/t20-/m1/s1. The fourth-order valence-corrected chi connectivity index (χ4v) is 2.74. The Labute approximate surface area is 149 Å². The molecule has 3 rings (SSSR count). The van der Waals surface area contributed by atoms with Crippen molar-refractivity contribution in [2.24, 2.45) is 5.10 Å². The molecule has 0 aromatic heterocycles. The summed E-state index contributed by atoms with van der Waals surface area (Å²) in [5.41, 5.74) is 4.27. The van der Waals surface area contributed by atoms with Crippen LogP contribution in [0, 0.1) is 6.92 Å². The third kappa shape index (κ3) is 3.58. The first-order valence-electron chi connectivity index (χ1n) is 8.48. The number of benzene rings is 2. The van der Waals surface area contributed by atoms with E-state index < -0.39 is 6.23 Å². The molecular formula is C21H24N2O2. The molecule has 1 heterocycles. The number of hydrazone groups is 1. The lowest BCUT2D eigenvalue weighted by Gasteiger charge is -2.20. The molecule has 2 aromatic rings. The second-order valence-corrected chi connectivity index (χ2v) is 7.48. The first-order chi connectivity index (χ1) is 11.8. The van der Waals surface area contributed by atoms with Crippen LogP contribution in [0.15, 0.2) is 53.6 Å². The summed E-state index contributed by atoms with van der Waals surface area (Å²) >= 11 is 0. The zero-order valence-electron chi connectivity index (χ0n) is 15.4. The van der Waals surface area contributed by atoms with E-state index in [1.54, 1.807) is 0 Å². The molecule has 2 aromatic carbocycles. The van der Waals surface area contributed by atoms with E-state index in [2.05, 4.69) is 38.0 Å². The summed E-state index contributed by atoms with van der Waals surface area (Å²) in [6.45, 7) is 10.1. The van der Waals surface area contributed by atoms with Crippen molar-refractivity contribution in [1.82, 2.24) is 5.01 Å². The lowest BCUT2D eigenvalue weighted by molar-refractivity contribution is -0.135. The molecule has 0 unspecified atom stereocenters. The Balaban J connectivity index is 1.89. The van der Waals surface area contributed by atoms with E-state index in [-0.39, 0.29) is 11.3 Å². The molecular weight excluding hydrogens is 312 g/mol. The molecule has 0 spiro atoms. The minimum absolute atomic E-state index is 0.0900. The topological polar surface area (TPSA) is 41.9 Å². The molecule has 1 aliphatic heterocycles. The molecule has 1 aliphatic rings. The second kappa shape index (κ2) is 6.36. The predicted octanol–water partition coefficient (Wildman–Crippen LogP) is 4.53. The van der Waals surface area contributed by atoms with Gasteiger partial charge < -0.3 is 4.74 Å². The van der Waals surface area contributed by atoms with Crippen molar-refractivity contribution in [2.75, 3.05) is 0 Å². The highest BCUT2D eigenvalue weighted by Gasteiger charge is 2.33. The fourth-order valence-electron chi connectivity index (χ4n) is 2.74. The summed E-state index contributed by atoms with van der Waals surface area (Å²) < 4.78 is 6.03. The average Bonchev–Trinajstić information content (AvgIpc) is 3.00. The van der Waals surface area contributed by atoms with Gasteiger partial charge in [-0.3, -0.25) is 4.79 Å². The Bertz CT molecular complexity index is 799. The average molecular weight is 336 g/mol. The molecule has 25 heavy (non-hydrogen) atoms. The molecule has 0 saturated heterocycles. The monoisotopic (exact) mass is 336 g/mol. The number of carbonyl (C=O) groups excluding carboxylic acids is 1.